The SMILES string of the molecule is CCCCOC1=C(N(C)C(=O)O)N(CC(C)(C)C)C=C2CC(=O)C(OCC3CC3)C=C21. The number of carbonyl (C=O) groups excluding carboxylic acids is 1. The van der Waals surface area contributed by atoms with E-state index in [0.717, 1.165) is 36.8 Å². The Labute approximate surface area is 185 Å². The van der Waals surface area contributed by atoms with E-state index in [-0.39, 0.29) is 17.6 Å². The van der Waals surface area contributed by atoms with Gasteiger partial charge >= 0.3 is 6.09 Å². The van der Waals surface area contributed by atoms with Crippen LogP contribution in [0.4, 0.5) is 4.79 Å². The molecule has 1 unspecified atom stereocenters. The standard InChI is InChI=1S/C24H36N2O5/c1-6-7-10-30-21-18-12-20(31-14-16-8-9-16)19(27)11-17(18)13-26(15-24(2,3)4)22(21)25(5)23(28)29/h12-13,16,20H,6-11,14-15H2,1-5H3,(H,28,29). The van der Waals surface area contributed by atoms with Crippen molar-refractivity contribution < 1.29 is 24.2 Å². The summed E-state index contributed by atoms with van der Waals surface area (Å²) in [5.74, 6) is 1.60. The molecule has 3 aliphatic rings. The summed E-state index contributed by atoms with van der Waals surface area (Å²) in [7, 11) is 1.53. The first-order valence-corrected chi connectivity index (χ1v) is 11.3. The average molecular weight is 433 g/mol. The zero-order valence-electron chi connectivity index (χ0n) is 19.4. The Morgan fingerprint density at radius 1 is 1.32 bits per heavy atom. The van der Waals surface area contributed by atoms with E-state index < -0.39 is 12.2 Å². The Kier molecular flexibility index (Phi) is 7.14. The normalized spacial score (nSPS) is 21.5. The van der Waals surface area contributed by atoms with Crippen LogP contribution < -0.4 is 0 Å². The van der Waals surface area contributed by atoms with Gasteiger partial charge in [0.25, 0.3) is 0 Å². The number of allylic oxidation sites excluding steroid dienone is 1. The molecule has 1 fully saturated rings. The highest BCUT2D eigenvalue weighted by Crippen LogP contribution is 2.39. The van der Waals surface area contributed by atoms with Gasteiger partial charge in [0, 0.05) is 31.8 Å². The van der Waals surface area contributed by atoms with Gasteiger partial charge in [-0.15, -0.1) is 0 Å². The van der Waals surface area contributed by atoms with Crippen LogP contribution in [-0.4, -0.2) is 59.7 Å². The van der Waals surface area contributed by atoms with E-state index in [1.54, 1.807) is 0 Å². The molecule has 0 aromatic rings. The molecule has 3 rings (SSSR count). The molecule has 1 aliphatic heterocycles. The van der Waals surface area contributed by atoms with Crippen molar-refractivity contribution in [3.63, 3.8) is 0 Å². The molecular formula is C24H36N2O5. The number of carboxylic acid groups (broad SMARTS) is 1. The first kappa shape index (κ1) is 23.4. The minimum absolute atomic E-state index is 0.0364. The molecule has 7 nitrogen and oxygen atoms in total. The summed E-state index contributed by atoms with van der Waals surface area (Å²) in [5, 5.41) is 9.77. The average Bonchev–Trinajstić information content (AvgIpc) is 3.49. The molecule has 1 N–H and O–H groups in total. The van der Waals surface area contributed by atoms with E-state index in [1.807, 2.05) is 17.2 Å². The van der Waals surface area contributed by atoms with Gasteiger partial charge in [0.15, 0.2) is 17.4 Å². The zero-order valence-corrected chi connectivity index (χ0v) is 19.4. The fraction of sp³-hybridized carbons (Fsp3) is 0.667. The van der Waals surface area contributed by atoms with Crippen LogP contribution >= 0.6 is 0 Å². The van der Waals surface area contributed by atoms with Crippen molar-refractivity contribution in [1.29, 1.82) is 0 Å². The summed E-state index contributed by atoms with van der Waals surface area (Å²) in [6.45, 7) is 10.0. The summed E-state index contributed by atoms with van der Waals surface area (Å²) in [5.41, 5.74) is 1.55. The Hall–Kier alpha value is -2.28. The fourth-order valence-corrected chi connectivity index (χ4v) is 3.77. The highest BCUT2D eigenvalue weighted by molar-refractivity contribution is 5.91. The number of Topliss-reactive ketones (excluding diaryl/α,β-unsaturated/α-hetero) is 1. The first-order chi connectivity index (χ1) is 14.6. The molecule has 31 heavy (non-hydrogen) atoms. The number of amides is 1. The molecule has 0 saturated heterocycles. The van der Waals surface area contributed by atoms with Gasteiger partial charge in [-0.1, -0.05) is 34.1 Å². The second-order valence-corrected chi connectivity index (χ2v) is 9.96. The number of hydrogen-bond acceptors (Lipinski definition) is 5. The van der Waals surface area contributed by atoms with Crippen molar-refractivity contribution in [2.24, 2.45) is 11.3 Å². The van der Waals surface area contributed by atoms with Gasteiger partial charge in [-0.05, 0) is 42.2 Å². The zero-order chi connectivity index (χ0) is 22.8. The van der Waals surface area contributed by atoms with Crippen LogP contribution in [0.3, 0.4) is 0 Å². The second-order valence-electron chi connectivity index (χ2n) is 9.96. The number of ether oxygens (including phenoxy) is 2. The number of unbranched alkanes of at least 4 members (excludes halogenated alkanes) is 1. The molecule has 1 heterocycles. The highest BCUT2D eigenvalue weighted by atomic mass is 16.5. The highest BCUT2D eigenvalue weighted by Gasteiger charge is 2.38. The van der Waals surface area contributed by atoms with E-state index in [9.17, 15) is 14.7 Å². The number of rotatable bonds is 9. The van der Waals surface area contributed by atoms with Crippen LogP contribution in [0, 0.1) is 11.3 Å². The Balaban J connectivity index is 2.03. The van der Waals surface area contributed by atoms with Gasteiger partial charge in [0.05, 0.1) is 13.2 Å². The summed E-state index contributed by atoms with van der Waals surface area (Å²) < 4.78 is 12.1. The van der Waals surface area contributed by atoms with Crippen molar-refractivity contribution in [2.45, 2.75) is 65.9 Å². The van der Waals surface area contributed by atoms with Crippen molar-refractivity contribution in [1.82, 2.24) is 9.80 Å². The number of carbonyl (C=O) groups is 2. The summed E-state index contributed by atoms with van der Waals surface area (Å²) in [6.07, 6.45) is 6.47. The van der Waals surface area contributed by atoms with Gasteiger partial charge in [0.1, 0.15) is 6.10 Å². The summed E-state index contributed by atoms with van der Waals surface area (Å²) in [6, 6.07) is 0. The van der Waals surface area contributed by atoms with Crippen molar-refractivity contribution in [3.8, 4) is 0 Å². The lowest BCUT2D eigenvalue weighted by Crippen LogP contribution is -2.42. The lowest BCUT2D eigenvalue weighted by atomic mass is 9.87. The third-order valence-corrected chi connectivity index (χ3v) is 5.58. The molecule has 0 bridgehead atoms. The smallest absolute Gasteiger partial charge is 0.412 e. The maximum absolute atomic E-state index is 12.8. The predicted octanol–water partition coefficient (Wildman–Crippen LogP) is 4.52. The molecule has 172 valence electrons. The number of nitrogens with zero attached hydrogens (tertiary/aromatic N) is 2. The topological polar surface area (TPSA) is 79.3 Å². The molecule has 1 amide bonds. The molecule has 0 spiro atoms. The van der Waals surface area contributed by atoms with Crippen LogP contribution in [0.25, 0.3) is 0 Å². The van der Waals surface area contributed by atoms with Crippen LogP contribution in [-0.2, 0) is 14.3 Å². The molecular weight excluding hydrogens is 396 g/mol. The van der Waals surface area contributed by atoms with E-state index in [1.165, 1.54) is 11.9 Å². The van der Waals surface area contributed by atoms with Crippen LogP contribution in [0.5, 0.6) is 0 Å². The summed E-state index contributed by atoms with van der Waals surface area (Å²) in [4.78, 5) is 27.8. The largest absolute Gasteiger partial charge is 0.489 e. The Bertz CT molecular complexity index is 801. The minimum Gasteiger partial charge on any atom is -0.489 e. The Morgan fingerprint density at radius 3 is 2.61 bits per heavy atom. The van der Waals surface area contributed by atoms with Crippen molar-refractivity contribution in [3.05, 3.63) is 35.0 Å². The number of ketones is 1. The van der Waals surface area contributed by atoms with Crippen LogP contribution in [0.2, 0.25) is 0 Å². The van der Waals surface area contributed by atoms with Gasteiger partial charge in [-0.2, -0.15) is 0 Å². The van der Waals surface area contributed by atoms with Crippen LogP contribution in [0.1, 0.15) is 59.8 Å². The Morgan fingerprint density at radius 2 is 2.03 bits per heavy atom. The summed E-state index contributed by atoms with van der Waals surface area (Å²) >= 11 is 0. The molecule has 0 aromatic carbocycles. The molecule has 0 radical (unpaired) electrons. The van der Waals surface area contributed by atoms with E-state index >= 15 is 0 Å². The third-order valence-electron chi connectivity index (χ3n) is 5.58. The van der Waals surface area contributed by atoms with E-state index in [2.05, 4.69) is 27.7 Å². The molecule has 0 aromatic heterocycles. The quantitative estimate of drug-likeness (QED) is 0.540. The molecule has 1 atom stereocenters. The molecule has 1 saturated carbocycles. The number of hydrogen-bond donors (Lipinski definition) is 1. The minimum atomic E-state index is -1.06. The number of fused-ring (bicyclic) bond motifs is 1. The van der Waals surface area contributed by atoms with Gasteiger partial charge in [0.2, 0.25) is 0 Å². The van der Waals surface area contributed by atoms with E-state index in [0.29, 0.717) is 37.3 Å². The lowest BCUT2D eigenvalue weighted by molar-refractivity contribution is -0.127. The van der Waals surface area contributed by atoms with Gasteiger partial charge in [-0.25, -0.2) is 4.79 Å². The maximum Gasteiger partial charge on any atom is 0.412 e. The predicted molar refractivity (Wildman–Crippen MR) is 118 cm³/mol. The van der Waals surface area contributed by atoms with Gasteiger partial charge < -0.3 is 19.5 Å². The maximum atomic E-state index is 12.8. The van der Waals surface area contributed by atoms with Crippen molar-refractivity contribution in [2.75, 3.05) is 26.8 Å². The molecule has 7 heteroatoms. The lowest BCUT2D eigenvalue weighted by Gasteiger charge is -2.40. The third kappa shape index (κ3) is 5.91. The monoisotopic (exact) mass is 432 g/mol. The second kappa shape index (κ2) is 9.47. The van der Waals surface area contributed by atoms with Crippen molar-refractivity contribution >= 4 is 11.9 Å². The van der Waals surface area contributed by atoms with E-state index in [4.69, 9.17) is 9.47 Å². The molecule has 2 aliphatic carbocycles. The first-order valence-electron chi connectivity index (χ1n) is 11.3. The fourth-order valence-electron chi connectivity index (χ4n) is 3.77. The van der Waals surface area contributed by atoms with Gasteiger partial charge in [-0.3, -0.25) is 9.69 Å². The van der Waals surface area contributed by atoms with Crippen LogP contribution in [0.15, 0.2) is 35.0 Å².